The third-order valence-corrected chi connectivity index (χ3v) is 5.59. The highest BCUT2D eigenvalue weighted by atomic mass is 16.5. The summed E-state index contributed by atoms with van der Waals surface area (Å²) < 4.78 is 18.6. The van der Waals surface area contributed by atoms with E-state index in [9.17, 15) is 4.79 Å². The van der Waals surface area contributed by atoms with Crippen molar-refractivity contribution in [2.24, 2.45) is 7.05 Å². The van der Waals surface area contributed by atoms with Crippen LogP contribution < -0.4 is 20.3 Å². The Morgan fingerprint density at radius 1 is 1.21 bits per heavy atom. The predicted octanol–water partition coefficient (Wildman–Crippen LogP) is 2.61. The van der Waals surface area contributed by atoms with Crippen molar-refractivity contribution < 1.29 is 13.9 Å². The third-order valence-electron chi connectivity index (χ3n) is 5.59. The van der Waals surface area contributed by atoms with Crippen LogP contribution in [0.1, 0.15) is 12.7 Å². The Morgan fingerprint density at radius 2 is 2.00 bits per heavy atom. The molecule has 0 aliphatic carbocycles. The minimum absolute atomic E-state index is 0.0624. The van der Waals surface area contributed by atoms with Crippen molar-refractivity contribution in [2.45, 2.75) is 19.5 Å². The molecule has 0 radical (unpaired) electrons. The molecule has 4 rings (SSSR count). The molecule has 3 aromatic rings. The van der Waals surface area contributed by atoms with Crippen molar-refractivity contribution in [3.05, 3.63) is 46.6 Å². The van der Waals surface area contributed by atoms with Gasteiger partial charge < -0.3 is 23.8 Å². The van der Waals surface area contributed by atoms with Crippen LogP contribution >= 0.6 is 0 Å². The van der Waals surface area contributed by atoms with E-state index in [-0.39, 0.29) is 5.56 Å². The lowest BCUT2D eigenvalue weighted by Gasteiger charge is -2.33. The van der Waals surface area contributed by atoms with Gasteiger partial charge in [-0.1, -0.05) is 6.07 Å². The Hall–Kier alpha value is -2.77. The molecule has 0 spiro atoms. The predicted molar refractivity (Wildman–Crippen MR) is 113 cm³/mol. The van der Waals surface area contributed by atoms with Gasteiger partial charge in [0.2, 0.25) is 0 Å². The molecule has 7 nitrogen and oxygen atoms in total. The quantitative estimate of drug-likeness (QED) is 0.714. The number of rotatable bonds is 5. The first-order valence-electron chi connectivity index (χ1n) is 9.81. The van der Waals surface area contributed by atoms with Crippen molar-refractivity contribution in [1.29, 1.82) is 0 Å². The lowest BCUT2D eigenvalue weighted by molar-refractivity contribution is 0.155. The van der Waals surface area contributed by atoms with E-state index in [0.717, 1.165) is 36.5 Å². The minimum Gasteiger partial charge on any atom is -0.493 e. The number of pyridine rings is 1. The van der Waals surface area contributed by atoms with Crippen LogP contribution in [-0.4, -0.2) is 49.4 Å². The summed E-state index contributed by atoms with van der Waals surface area (Å²) in [6, 6.07) is 8.01. The number of furan rings is 1. The number of aromatic nitrogens is 1. The van der Waals surface area contributed by atoms with Crippen LogP contribution in [0.4, 0.5) is 0 Å². The van der Waals surface area contributed by atoms with Gasteiger partial charge in [0.25, 0.3) is 5.56 Å². The number of hydrogen-bond donors (Lipinski definition) is 1. The smallest absolute Gasteiger partial charge is 0.261 e. The summed E-state index contributed by atoms with van der Waals surface area (Å²) in [7, 11) is 4.98. The fourth-order valence-electron chi connectivity index (χ4n) is 3.91. The normalized spacial score (nSPS) is 17.6. The second kappa shape index (κ2) is 7.93. The monoisotopic (exact) mass is 397 g/mol. The Morgan fingerprint density at radius 3 is 2.72 bits per heavy atom. The van der Waals surface area contributed by atoms with E-state index in [2.05, 4.69) is 17.1 Å². The number of piperazine rings is 1. The van der Waals surface area contributed by atoms with Gasteiger partial charge in [0, 0.05) is 44.5 Å². The van der Waals surface area contributed by atoms with E-state index in [4.69, 9.17) is 13.9 Å². The summed E-state index contributed by atoms with van der Waals surface area (Å²) in [4.78, 5) is 15.1. The van der Waals surface area contributed by atoms with E-state index in [1.165, 1.54) is 0 Å². The van der Waals surface area contributed by atoms with Crippen LogP contribution in [-0.2, 0) is 13.6 Å². The Labute approximate surface area is 169 Å². The fraction of sp³-hybridized carbons (Fsp3) is 0.409. The number of nitrogens with one attached hydrogen (secondary N) is 1. The van der Waals surface area contributed by atoms with E-state index in [1.54, 1.807) is 25.8 Å². The highest BCUT2D eigenvalue weighted by molar-refractivity contribution is 5.92. The van der Waals surface area contributed by atoms with E-state index in [1.807, 2.05) is 30.5 Å². The Kier molecular flexibility index (Phi) is 5.34. The number of aryl methyl sites for hydroxylation is 1. The van der Waals surface area contributed by atoms with E-state index < -0.39 is 0 Å². The summed E-state index contributed by atoms with van der Waals surface area (Å²) >= 11 is 0. The number of benzene rings is 1. The highest BCUT2D eigenvalue weighted by Gasteiger charge is 2.21. The van der Waals surface area contributed by atoms with Gasteiger partial charge in [-0.2, -0.15) is 0 Å². The van der Waals surface area contributed by atoms with Crippen molar-refractivity contribution in [1.82, 2.24) is 14.8 Å². The molecule has 0 bridgehead atoms. The summed E-state index contributed by atoms with van der Waals surface area (Å²) in [5.41, 5.74) is 2.30. The SMILES string of the molecule is COc1ccc(-c2cn(C)c(=O)c3cc(CN4CCNCC4C)oc23)cc1OC. The number of fused-ring (bicyclic) bond motifs is 1. The molecule has 1 saturated heterocycles. The zero-order valence-electron chi connectivity index (χ0n) is 17.3. The van der Waals surface area contributed by atoms with Crippen molar-refractivity contribution in [3.8, 4) is 22.6 Å². The molecule has 1 fully saturated rings. The van der Waals surface area contributed by atoms with E-state index >= 15 is 0 Å². The van der Waals surface area contributed by atoms with Crippen LogP contribution in [0.3, 0.4) is 0 Å². The summed E-state index contributed by atoms with van der Waals surface area (Å²) in [5.74, 6) is 2.09. The molecular formula is C22H27N3O4. The lowest BCUT2D eigenvalue weighted by atomic mass is 10.1. The van der Waals surface area contributed by atoms with Gasteiger partial charge in [-0.15, -0.1) is 0 Å². The molecular weight excluding hydrogens is 370 g/mol. The number of ether oxygens (including phenoxy) is 2. The van der Waals surface area contributed by atoms with Crippen LogP contribution in [0.5, 0.6) is 11.5 Å². The van der Waals surface area contributed by atoms with Crippen molar-refractivity contribution in [2.75, 3.05) is 33.9 Å². The van der Waals surface area contributed by atoms with Crippen LogP contribution in [0.15, 0.2) is 39.7 Å². The standard InChI is InChI=1S/C22H27N3O4/c1-14-11-23-7-8-25(14)12-16-10-17-21(29-16)18(13-24(2)22(17)26)15-5-6-19(27-3)20(9-15)28-4/h5-6,9-10,13-14,23H,7-8,11-12H2,1-4H3. The minimum atomic E-state index is -0.0624. The van der Waals surface area contributed by atoms with Crippen LogP contribution in [0.25, 0.3) is 22.1 Å². The molecule has 29 heavy (non-hydrogen) atoms. The van der Waals surface area contributed by atoms with Gasteiger partial charge in [-0.3, -0.25) is 9.69 Å². The molecule has 1 atom stereocenters. The average molecular weight is 397 g/mol. The first-order chi connectivity index (χ1) is 14.0. The number of methoxy groups -OCH3 is 2. The molecule has 1 N–H and O–H groups in total. The molecule has 1 aromatic carbocycles. The van der Waals surface area contributed by atoms with Gasteiger partial charge in [0.1, 0.15) is 11.3 Å². The molecule has 154 valence electrons. The Bertz CT molecular complexity index is 1090. The van der Waals surface area contributed by atoms with Crippen molar-refractivity contribution in [3.63, 3.8) is 0 Å². The molecule has 0 saturated carbocycles. The van der Waals surface area contributed by atoms with E-state index in [0.29, 0.717) is 35.1 Å². The first kappa shape index (κ1) is 19.5. The largest absolute Gasteiger partial charge is 0.493 e. The topological polar surface area (TPSA) is 68.9 Å². The summed E-state index contributed by atoms with van der Waals surface area (Å²) in [6.07, 6.45) is 1.81. The fourth-order valence-corrected chi connectivity index (χ4v) is 3.91. The summed E-state index contributed by atoms with van der Waals surface area (Å²) in [6.45, 7) is 5.76. The number of hydrogen-bond acceptors (Lipinski definition) is 6. The third kappa shape index (κ3) is 3.63. The lowest BCUT2D eigenvalue weighted by Crippen LogP contribution is -2.49. The average Bonchev–Trinajstić information content (AvgIpc) is 3.16. The number of nitrogens with zero attached hydrogens (tertiary/aromatic N) is 2. The van der Waals surface area contributed by atoms with Crippen molar-refractivity contribution >= 4 is 11.0 Å². The maximum atomic E-state index is 12.7. The van der Waals surface area contributed by atoms with Gasteiger partial charge in [-0.05, 0) is 30.7 Å². The van der Waals surface area contributed by atoms with Crippen LogP contribution in [0, 0.1) is 0 Å². The molecule has 1 aliphatic heterocycles. The van der Waals surface area contributed by atoms with Gasteiger partial charge in [0.05, 0.1) is 26.2 Å². The summed E-state index contributed by atoms with van der Waals surface area (Å²) in [5, 5.41) is 3.99. The molecule has 0 amide bonds. The zero-order valence-corrected chi connectivity index (χ0v) is 17.3. The maximum Gasteiger partial charge on any atom is 0.261 e. The maximum absolute atomic E-state index is 12.7. The van der Waals surface area contributed by atoms with Gasteiger partial charge >= 0.3 is 0 Å². The molecule has 2 aromatic heterocycles. The second-order valence-corrected chi connectivity index (χ2v) is 7.51. The zero-order chi connectivity index (χ0) is 20.5. The van der Waals surface area contributed by atoms with Gasteiger partial charge in [-0.25, -0.2) is 0 Å². The second-order valence-electron chi connectivity index (χ2n) is 7.51. The molecule has 1 unspecified atom stereocenters. The highest BCUT2D eigenvalue weighted by Crippen LogP contribution is 2.35. The van der Waals surface area contributed by atoms with Gasteiger partial charge in [0.15, 0.2) is 11.5 Å². The first-order valence-corrected chi connectivity index (χ1v) is 9.81. The Balaban J connectivity index is 1.79. The molecule has 3 heterocycles. The molecule has 1 aliphatic rings. The van der Waals surface area contributed by atoms with Crippen LogP contribution in [0.2, 0.25) is 0 Å². The molecule has 7 heteroatoms.